The number of anilines is 1. The summed E-state index contributed by atoms with van der Waals surface area (Å²) in [6.45, 7) is 0.111. The summed E-state index contributed by atoms with van der Waals surface area (Å²) < 4.78 is 52.8. The van der Waals surface area contributed by atoms with Crippen molar-refractivity contribution in [2.24, 2.45) is 0 Å². The summed E-state index contributed by atoms with van der Waals surface area (Å²) in [7, 11) is 0. The van der Waals surface area contributed by atoms with Gasteiger partial charge in [0.1, 0.15) is 5.82 Å². The Balaban J connectivity index is 1.66. The zero-order valence-corrected chi connectivity index (χ0v) is 11.0. The van der Waals surface area contributed by atoms with Gasteiger partial charge < -0.3 is 5.32 Å². The molecule has 1 N–H and O–H groups in total. The lowest BCUT2D eigenvalue weighted by molar-refractivity contribution is -0.137. The lowest BCUT2D eigenvalue weighted by Gasteiger charge is -2.09. The molecule has 3 nitrogen and oxygen atoms in total. The molecule has 112 valence electrons. The Bertz CT molecular complexity index is 644. The summed E-state index contributed by atoms with van der Waals surface area (Å²) in [6, 6.07) is 3.00. The van der Waals surface area contributed by atoms with Crippen molar-refractivity contribution in [2.45, 2.75) is 31.6 Å². The average molecular weight is 299 g/mol. The number of hydrogen-bond acceptors (Lipinski definition) is 2. The number of alkyl halides is 3. The van der Waals surface area contributed by atoms with Crippen LogP contribution in [0.1, 0.15) is 30.0 Å². The molecule has 1 heterocycles. The zero-order valence-electron chi connectivity index (χ0n) is 11.0. The Morgan fingerprint density at radius 2 is 2.05 bits per heavy atom. The molecule has 21 heavy (non-hydrogen) atoms. The topological polar surface area (TPSA) is 29.9 Å². The van der Waals surface area contributed by atoms with E-state index in [9.17, 15) is 17.6 Å². The SMILES string of the molecule is Fc1cc(C(F)(F)F)ccc1CNc1cnn(C2CC2)c1. The summed E-state index contributed by atoms with van der Waals surface area (Å²) in [5, 5.41) is 7.13. The van der Waals surface area contributed by atoms with Crippen molar-refractivity contribution in [2.75, 3.05) is 5.32 Å². The van der Waals surface area contributed by atoms with Crippen LogP contribution in [0.4, 0.5) is 23.2 Å². The molecule has 0 bridgehead atoms. The molecule has 0 atom stereocenters. The quantitative estimate of drug-likeness (QED) is 0.865. The van der Waals surface area contributed by atoms with Crippen molar-refractivity contribution in [3.05, 3.63) is 47.5 Å². The van der Waals surface area contributed by atoms with E-state index in [1.54, 1.807) is 6.20 Å². The van der Waals surface area contributed by atoms with E-state index >= 15 is 0 Å². The third-order valence-corrected chi connectivity index (χ3v) is 3.39. The summed E-state index contributed by atoms with van der Waals surface area (Å²) in [5.41, 5.74) is -0.0753. The van der Waals surface area contributed by atoms with E-state index in [-0.39, 0.29) is 12.1 Å². The molecule has 0 unspecified atom stereocenters. The highest BCUT2D eigenvalue weighted by molar-refractivity contribution is 5.40. The second-order valence-corrected chi connectivity index (χ2v) is 5.10. The number of nitrogens with zero attached hydrogens (tertiary/aromatic N) is 2. The Morgan fingerprint density at radius 3 is 2.67 bits per heavy atom. The maximum Gasteiger partial charge on any atom is 0.416 e. The first-order valence-corrected chi connectivity index (χ1v) is 6.57. The third kappa shape index (κ3) is 3.17. The van der Waals surface area contributed by atoms with Crippen LogP contribution in [0.25, 0.3) is 0 Å². The van der Waals surface area contributed by atoms with E-state index < -0.39 is 17.6 Å². The van der Waals surface area contributed by atoms with E-state index in [1.165, 1.54) is 0 Å². The predicted octanol–water partition coefficient (Wildman–Crippen LogP) is 3.99. The lowest BCUT2D eigenvalue weighted by atomic mass is 10.1. The molecular formula is C14H13F4N3. The molecule has 0 radical (unpaired) electrons. The van der Waals surface area contributed by atoms with Gasteiger partial charge in [-0.2, -0.15) is 18.3 Å². The number of benzene rings is 1. The van der Waals surface area contributed by atoms with E-state index in [0.29, 0.717) is 12.1 Å². The summed E-state index contributed by atoms with van der Waals surface area (Å²) in [6.07, 6.45) is 1.13. The van der Waals surface area contributed by atoms with Gasteiger partial charge in [-0.15, -0.1) is 0 Å². The molecule has 0 aliphatic heterocycles. The van der Waals surface area contributed by atoms with Crippen LogP contribution in [0.3, 0.4) is 0 Å². The molecule has 0 saturated heterocycles. The van der Waals surface area contributed by atoms with Crippen molar-refractivity contribution >= 4 is 5.69 Å². The first-order valence-electron chi connectivity index (χ1n) is 6.57. The minimum atomic E-state index is -4.53. The van der Waals surface area contributed by atoms with Gasteiger partial charge in [-0.1, -0.05) is 6.07 Å². The van der Waals surface area contributed by atoms with Crippen molar-refractivity contribution < 1.29 is 17.6 Å². The third-order valence-electron chi connectivity index (χ3n) is 3.39. The number of halogens is 4. The Morgan fingerprint density at radius 1 is 1.29 bits per heavy atom. The first kappa shape index (κ1) is 13.9. The van der Waals surface area contributed by atoms with Crippen molar-refractivity contribution in [3.63, 3.8) is 0 Å². The van der Waals surface area contributed by atoms with Crippen molar-refractivity contribution in [3.8, 4) is 0 Å². The fraction of sp³-hybridized carbons (Fsp3) is 0.357. The van der Waals surface area contributed by atoms with Crippen LogP contribution in [0.15, 0.2) is 30.6 Å². The van der Waals surface area contributed by atoms with Gasteiger partial charge in [0.2, 0.25) is 0 Å². The number of aromatic nitrogens is 2. The van der Waals surface area contributed by atoms with Gasteiger partial charge in [0.25, 0.3) is 0 Å². The van der Waals surface area contributed by atoms with Crippen molar-refractivity contribution in [1.82, 2.24) is 9.78 Å². The second kappa shape index (κ2) is 5.05. The number of nitrogens with one attached hydrogen (secondary N) is 1. The first-order chi connectivity index (χ1) is 9.93. The van der Waals surface area contributed by atoms with E-state index in [2.05, 4.69) is 10.4 Å². The maximum absolute atomic E-state index is 13.7. The molecular weight excluding hydrogens is 286 g/mol. The van der Waals surface area contributed by atoms with Crippen LogP contribution in [0, 0.1) is 5.82 Å². The normalized spacial score (nSPS) is 15.2. The van der Waals surface area contributed by atoms with Gasteiger partial charge in [0, 0.05) is 18.3 Å². The second-order valence-electron chi connectivity index (χ2n) is 5.10. The highest BCUT2D eigenvalue weighted by atomic mass is 19.4. The van der Waals surface area contributed by atoms with Gasteiger partial charge in [0.05, 0.1) is 23.5 Å². The smallest absolute Gasteiger partial charge is 0.378 e. The van der Waals surface area contributed by atoms with Gasteiger partial charge in [-0.3, -0.25) is 4.68 Å². The Kier molecular flexibility index (Phi) is 3.35. The predicted molar refractivity (Wildman–Crippen MR) is 69.2 cm³/mol. The number of rotatable bonds is 4. The van der Waals surface area contributed by atoms with Crippen LogP contribution in [0.2, 0.25) is 0 Å². The number of hydrogen-bond donors (Lipinski definition) is 1. The standard InChI is InChI=1S/C14H13F4N3/c15-13-5-10(14(16,17)18)2-1-9(13)6-19-11-7-20-21(8-11)12-3-4-12/h1-2,5,7-8,12,19H,3-4,6H2. The molecule has 1 aromatic heterocycles. The Labute approximate surface area is 118 Å². The Hall–Kier alpha value is -2.05. The van der Waals surface area contributed by atoms with Crippen LogP contribution in [-0.4, -0.2) is 9.78 Å². The van der Waals surface area contributed by atoms with Gasteiger partial charge in [-0.25, -0.2) is 4.39 Å². The molecule has 2 aromatic rings. The van der Waals surface area contributed by atoms with E-state index in [1.807, 2.05) is 10.9 Å². The molecule has 0 spiro atoms. The van der Waals surface area contributed by atoms with Gasteiger partial charge in [-0.05, 0) is 25.0 Å². The molecule has 3 rings (SSSR count). The monoisotopic (exact) mass is 299 g/mol. The van der Waals surface area contributed by atoms with Crippen LogP contribution in [-0.2, 0) is 12.7 Å². The summed E-state index contributed by atoms with van der Waals surface area (Å²) in [4.78, 5) is 0. The van der Waals surface area contributed by atoms with Crippen LogP contribution in [0.5, 0.6) is 0 Å². The lowest BCUT2D eigenvalue weighted by Crippen LogP contribution is -2.07. The van der Waals surface area contributed by atoms with E-state index in [4.69, 9.17) is 0 Å². The van der Waals surface area contributed by atoms with Crippen LogP contribution < -0.4 is 5.32 Å². The molecule has 0 amide bonds. The largest absolute Gasteiger partial charge is 0.416 e. The van der Waals surface area contributed by atoms with E-state index in [0.717, 1.165) is 30.7 Å². The minimum absolute atomic E-state index is 0.111. The highest BCUT2D eigenvalue weighted by Crippen LogP contribution is 2.34. The van der Waals surface area contributed by atoms with Gasteiger partial charge >= 0.3 is 6.18 Å². The van der Waals surface area contributed by atoms with Crippen molar-refractivity contribution in [1.29, 1.82) is 0 Å². The molecule has 7 heteroatoms. The maximum atomic E-state index is 13.7. The van der Waals surface area contributed by atoms with Crippen LogP contribution >= 0.6 is 0 Å². The average Bonchev–Trinajstić information content (AvgIpc) is 3.16. The molecule has 1 fully saturated rings. The molecule has 1 aromatic carbocycles. The molecule has 1 aliphatic carbocycles. The fourth-order valence-electron chi connectivity index (χ4n) is 2.03. The minimum Gasteiger partial charge on any atom is -0.378 e. The fourth-order valence-corrected chi connectivity index (χ4v) is 2.03. The summed E-state index contributed by atoms with van der Waals surface area (Å²) in [5.74, 6) is -0.869. The highest BCUT2D eigenvalue weighted by Gasteiger charge is 2.31. The molecule has 1 aliphatic rings. The van der Waals surface area contributed by atoms with Gasteiger partial charge in [0.15, 0.2) is 0 Å². The summed E-state index contributed by atoms with van der Waals surface area (Å²) >= 11 is 0. The zero-order chi connectivity index (χ0) is 15.0. The molecule has 1 saturated carbocycles.